The largest absolute Gasteiger partial charge is 0.497 e. The quantitative estimate of drug-likeness (QED) is 0.478. The van der Waals surface area contributed by atoms with E-state index in [0.29, 0.717) is 23.1 Å². The van der Waals surface area contributed by atoms with Gasteiger partial charge in [0.05, 0.1) is 18.6 Å². The number of halogens is 3. The zero-order chi connectivity index (χ0) is 23.5. The Balaban J connectivity index is 1.70. The number of thioether (sulfide) groups is 1. The number of para-hydroxylation sites is 1. The van der Waals surface area contributed by atoms with Gasteiger partial charge in [0, 0.05) is 4.90 Å². The molecule has 3 rings (SSSR count). The van der Waals surface area contributed by atoms with Crippen LogP contribution in [0.1, 0.15) is 12.5 Å². The smallest absolute Gasteiger partial charge is 0.398 e. The Hall–Kier alpha value is -3.21. The third-order valence-corrected chi connectivity index (χ3v) is 5.94. The zero-order valence-corrected chi connectivity index (χ0v) is 18.0. The number of nitrogens with zero attached hydrogens (tertiary/aromatic N) is 1. The zero-order valence-electron chi connectivity index (χ0n) is 17.2. The van der Waals surface area contributed by atoms with Crippen molar-refractivity contribution in [3.8, 4) is 5.75 Å². The molecule has 11 heteroatoms. The highest BCUT2D eigenvalue weighted by Crippen LogP contribution is 2.33. The van der Waals surface area contributed by atoms with Crippen molar-refractivity contribution in [3.63, 3.8) is 0 Å². The van der Waals surface area contributed by atoms with E-state index < -0.39 is 41.9 Å². The number of carbonyl (C=O) groups is 3. The van der Waals surface area contributed by atoms with Gasteiger partial charge in [0.2, 0.25) is 5.91 Å². The van der Waals surface area contributed by atoms with Crippen molar-refractivity contribution >= 4 is 35.3 Å². The predicted molar refractivity (Wildman–Crippen MR) is 112 cm³/mol. The number of ether oxygens (including phenoxy) is 1. The number of carbonyl (C=O) groups excluding carboxylic acids is 3. The summed E-state index contributed by atoms with van der Waals surface area (Å²) in [6, 6.07) is 11.8. The summed E-state index contributed by atoms with van der Waals surface area (Å²) in [5, 5.41) is 5.07. The lowest BCUT2D eigenvalue weighted by molar-refractivity contribution is -0.133. The number of imide groups is 1. The van der Waals surface area contributed by atoms with Gasteiger partial charge in [0.15, 0.2) is 0 Å². The van der Waals surface area contributed by atoms with Crippen LogP contribution in [0.3, 0.4) is 0 Å². The Kier molecular flexibility index (Phi) is 6.68. The van der Waals surface area contributed by atoms with Gasteiger partial charge in [-0.25, -0.2) is 4.79 Å². The third-order valence-electron chi connectivity index (χ3n) is 4.80. The van der Waals surface area contributed by atoms with Crippen LogP contribution in [0.2, 0.25) is 0 Å². The second-order valence-corrected chi connectivity index (χ2v) is 8.14. The molecule has 2 aromatic carbocycles. The van der Waals surface area contributed by atoms with E-state index in [9.17, 15) is 27.6 Å². The van der Waals surface area contributed by atoms with E-state index >= 15 is 0 Å². The molecule has 1 fully saturated rings. The van der Waals surface area contributed by atoms with Gasteiger partial charge in [0.25, 0.3) is 5.91 Å². The Morgan fingerprint density at radius 1 is 1.16 bits per heavy atom. The minimum Gasteiger partial charge on any atom is -0.497 e. The van der Waals surface area contributed by atoms with Gasteiger partial charge in [0.1, 0.15) is 17.8 Å². The molecule has 1 saturated heterocycles. The number of benzene rings is 2. The number of alkyl halides is 3. The second-order valence-electron chi connectivity index (χ2n) is 7.12. The van der Waals surface area contributed by atoms with Gasteiger partial charge >= 0.3 is 12.2 Å². The SMILES string of the molecule is COc1ccc(C2(C)NC(=O)N(CC(=O)Nc3ccccc3SCC(F)(F)F)C2=O)cc1. The second kappa shape index (κ2) is 9.11. The van der Waals surface area contributed by atoms with Crippen LogP contribution < -0.4 is 15.4 Å². The van der Waals surface area contributed by atoms with Crippen molar-refractivity contribution in [2.45, 2.75) is 23.5 Å². The first-order valence-electron chi connectivity index (χ1n) is 9.40. The first kappa shape index (κ1) is 23.5. The molecular formula is C21H20F3N3O4S. The number of anilines is 1. The molecule has 170 valence electrons. The van der Waals surface area contributed by atoms with Crippen molar-refractivity contribution in [1.82, 2.24) is 10.2 Å². The lowest BCUT2D eigenvalue weighted by Crippen LogP contribution is -2.42. The molecule has 1 atom stereocenters. The van der Waals surface area contributed by atoms with Crippen LogP contribution in [0, 0.1) is 0 Å². The maximum absolute atomic E-state index is 13.0. The fourth-order valence-corrected chi connectivity index (χ4v) is 3.92. The normalized spacial score (nSPS) is 18.5. The molecule has 2 N–H and O–H groups in total. The fraction of sp³-hybridized carbons (Fsp3) is 0.286. The molecule has 4 amide bonds. The van der Waals surface area contributed by atoms with Crippen LogP contribution in [-0.2, 0) is 15.1 Å². The molecule has 1 heterocycles. The van der Waals surface area contributed by atoms with E-state index in [1.54, 1.807) is 36.4 Å². The van der Waals surface area contributed by atoms with Gasteiger partial charge in [-0.05, 0) is 36.8 Å². The molecule has 1 unspecified atom stereocenters. The van der Waals surface area contributed by atoms with Crippen LogP contribution >= 0.6 is 11.8 Å². The summed E-state index contributed by atoms with van der Waals surface area (Å²) in [6.45, 7) is 0.935. The first-order valence-corrected chi connectivity index (χ1v) is 10.4. The van der Waals surface area contributed by atoms with Crippen molar-refractivity contribution in [1.29, 1.82) is 0 Å². The highest BCUT2D eigenvalue weighted by atomic mass is 32.2. The first-order chi connectivity index (χ1) is 15.0. The van der Waals surface area contributed by atoms with Gasteiger partial charge < -0.3 is 15.4 Å². The molecule has 0 spiro atoms. The lowest BCUT2D eigenvalue weighted by Gasteiger charge is -2.22. The summed E-state index contributed by atoms with van der Waals surface area (Å²) in [6.07, 6.45) is -4.37. The molecule has 0 radical (unpaired) electrons. The standard InChI is InChI=1S/C21H20F3N3O4S/c1-20(13-7-9-14(31-2)10-8-13)18(29)27(19(30)26-20)11-17(28)25-15-5-3-4-6-16(15)32-12-21(22,23)24/h3-10H,11-12H2,1-2H3,(H,25,28)(H,26,30). The number of nitrogens with one attached hydrogen (secondary N) is 2. The summed E-state index contributed by atoms with van der Waals surface area (Å²) < 4.78 is 42.7. The summed E-state index contributed by atoms with van der Waals surface area (Å²) in [7, 11) is 1.50. The molecule has 7 nitrogen and oxygen atoms in total. The Bertz CT molecular complexity index is 1030. The monoisotopic (exact) mass is 467 g/mol. The van der Waals surface area contributed by atoms with Crippen LogP contribution in [0.4, 0.5) is 23.7 Å². The predicted octanol–water partition coefficient (Wildman–Crippen LogP) is 3.76. The molecule has 32 heavy (non-hydrogen) atoms. The van der Waals surface area contributed by atoms with Crippen LogP contribution in [0.15, 0.2) is 53.4 Å². The molecule has 1 aliphatic heterocycles. The van der Waals surface area contributed by atoms with E-state index in [2.05, 4.69) is 10.6 Å². The van der Waals surface area contributed by atoms with Crippen molar-refractivity contribution in [2.24, 2.45) is 0 Å². The summed E-state index contributed by atoms with van der Waals surface area (Å²) >= 11 is 0.530. The summed E-state index contributed by atoms with van der Waals surface area (Å²) in [5.41, 5.74) is -0.699. The van der Waals surface area contributed by atoms with Gasteiger partial charge in [-0.3, -0.25) is 14.5 Å². The Labute approximate surface area is 186 Å². The van der Waals surface area contributed by atoms with Crippen molar-refractivity contribution < 1.29 is 32.3 Å². The van der Waals surface area contributed by atoms with Crippen LogP contribution in [0.5, 0.6) is 5.75 Å². The molecule has 0 aromatic heterocycles. The molecule has 0 aliphatic carbocycles. The minimum absolute atomic E-state index is 0.164. The average Bonchev–Trinajstić information content (AvgIpc) is 2.96. The summed E-state index contributed by atoms with van der Waals surface area (Å²) in [5.74, 6) is -1.88. The van der Waals surface area contributed by atoms with E-state index in [1.165, 1.54) is 26.2 Å². The highest BCUT2D eigenvalue weighted by molar-refractivity contribution is 7.99. The topological polar surface area (TPSA) is 87.7 Å². The average molecular weight is 467 g/mol. The lowest BCUT2D eigenvalue weighted by atomic mass is 9.92. The Morgan fingerprint density at radius 3 is 2.44 bits per heavy atom. The number of urea groups is 1. The van der Waals surface area contributed by atoms with Crippen molar-refractivity contribution in [3.05, 3.63) is 54.1 Å². The van der Waals surface area contributed by atoms with Gasteiger partial charge in [-0.2, -0.15) is 13.2 Å². The van der Waals surface area contributed by atoms with Crippen LogP contribution in [-0.4, -0.2) is 48.3 Å². The number of methoxy groups -OCH3 is 1. The molecule has 0 saturated carbocycles. The van der Waals surface area contributed by atoms with E-state index in [4.69, 9.17) is 4.74 Å². The number of hydrogen-bond acceptors (Lipinski definition) is 5. The van der Waals surface area contributed by atoms with E-state index in [1.807, 2.05) is 0 Å². The maximum Gasteiger partial charge on any atom is 0.398 e. The minimum atomic E-state index is -4.37. The highest BCUT2D eigenvalue weighted by Gasteiger charge is 2.49. The molecule has 1 aliphatic rings. The molecular weight excluding hydrogens is 447 g/mol. The number of amides is 4. The Morgan fingerprint density at radius 2 is 1.81 bits per heavy atom. The van der Waals surface area contributed by atoms with E-state index in [0.717, 1.165) is 4.90 Å². The van der Waals surface area contributed by atoms with Crippen molar-refractivity contribution in [2.75, 3.05) is 24.7 Å². The number of hydrogen-bond donors (Lipinski definition) is 2. The molecule has 0 bridgehead atoms. The van der Waals surface area contributed by atoms with Gasteiger partial charge in [-0.15, -0.1) is 11.8 Å². The maximum atomic E-state index is 13.0. The third kappa shape index (κ3) is 5.16. The summed E-state index contributed by atoms with van der Waals surface area (Å²) in [4.78, 5) is 38.9. The number of rotatable bonds is 7. The molecule has 2 aromatic rings. The van der Waals surface area contributed by atoms with Crippen LogP contribution in [0.25, 0.3) is 0 Å². The van der Waals surface area contributed by atoms with Gasteiger partial charge in [-0.1, -0.05) is 24.3 Å². The van der Waals surface area contributed by atoms with E-state index in [-0.39, 0.29) is 10.6 Å². The fourth-order valence-electron chi connectivity index (χ4n) is 3.15.